The van der Waals surface area contributed by atoms with Gasteiger partial charge in [0.1, 0.15) is 5.82 Å². The van der Waals surface area contributed by atoms with E-state index in [1.54, 1.807) is 0 Å². The Morgan fingerprint density at radius 2 is 2.00 bits per heavy atom. The van der Waals surface area contributed by atoms with Crippen LogP contribution in [0, 0.1) is 6.92 Å². The number of alkyl halides is 3. The molecule has 0 bridgehead atoms. The number of pyridine rings is 1. The summed E-state index contributed by atoms with van der Waals surface area (Å²) < 4.78 is 38.9. The van der Waals surface area contributed by atoms with Gasteiger partial charge in [0.2, 0.25) is 0 Å². The molecule has 1 rings (SSSR count). The molecule has 1 aromatic rings. The number of hydrogen-bond donors (Lipinski definition) is 1. The van der Waals surface area contributed by atoms with Crippen LogP contribution in [0.3, 0.4) is 0 Å². The van der Waals surface area contributed by atoms with Crippen LogP contribution in [-0.4, -0.2) is 11.3 Å². The molecule has 13 heavy (non-hydrogen) atoms. The van der Waals surface area contributed by atoms with Crippen LogP contribution in [0.2, 0.25) is 0 Å². The van der Waals surface area contributed by atoms with Crippen LogP contribution in [-0.2, 0) is 0 Å². The monoisotopic (exact) mass is 192 g/mol. The normalized spacial score (nSPS) is 11.4. The molecule has 0 aliphatic rings. The number of ether oxygens (including phenoxy) is 1. The molecule has 1 aromatic heterocycles. The summed E-state index contributed by atoms with van der Waals surface area (Å²) >= 11 is 0. The van der Waals surface area contributed by atoms with Gasteiger partial charge in [-0.2, -0.15) is 0 Å². The van der Waals surface area contributed by atoms with E-state index in [2.05, 4.69) is 9.72 Å². The van der Waals surface area contributed by atoms with Gasteiger partial charge >= 0.3 is 6.36 Å². The molecule has 0 atom stereocenters. The highest BCUT2D eigenvalue weighted by Crippen LogP contribution is 2.25. The van der Waals surface area contributed by atoms with E-state index >= 15 is 0 Å². The number of halogens is 3. The molecule has 2 N–H and O–H groups in total. The fourth-order valence-electron chi connectivity index (χ4n) is 0.800. The molecule has 0 fully saturated rings. The minimum atomic E-state index is -4.69. The van der Waals surface area contributed by atoms with E-state index in [4.69, 9.17) is 5.73 Å². The third-order valence-corrected chi connectivity index (χ3v) is 1.28. The van der Waals surface area contributed by atoms with Crippen molar-refractivity contribution < 1.29 is 17.9 Å². The molecule has 0 saturated heterocycles. The van der Waals surface area contributed by atoms with Gasteiger partial charge in [-0.25, -0.2) is 4.98 Å². The third kappa shape index (κ3) is 2.81. The first-order chi connectivity index (χ1) is 5.88. The largest absolute Gasteiger partial charge is 0.573 e. The number of hydrogen-bond acceptors (Lipinski definition) is 3. The lowest BCUT2D eigenvalue weighted by molar-refractivity contribution is -0.275. The zero-order valence-electron chi connectivity index (χ0n) is 6.72. The Labute approximate surface area is 72.3 Å². The van der Waals surface area contributed by atoms with Gasteiger partial charge in [0.15, 0.2) is 5.75 Å². The van der Waals surface area contributed by atoms with Gasteiger partial charge in [0, 0.05) is 0 Å². The summed E-state index contributed by atoms with van der Waals surface area (Å²) in [4.78, 5) is 3.61. The van der Waals surface area contributed by atoms with Crippen molar-refractivity contribution in [3.63, 3.8) is 0 Å². The summed E-state index contributed by atoms with van der Waals surface area (Å²) in [6.45, 7) is 1.39. The zero-order chi connectivity index (χ0) is 10.1. The molecule has 0 spiro atoms. The summed E-state index contributed by atoms with van der Waals surface area (Å²) in [6.07, 6.45) is -4.69. The molecule has 0 radical (unpaired) electrons. The van der Waals surface area contributed by atoms with Crippen molar-refractivity contribution >= 4 is 5.82 Å². The Morgan fingerprint density at radius 3 is 2.46 bits per heavy atom. The second-order valence-corrected chi connectivity index (χ2v) is 2.37. The van der Waals surface area contributed by atoms with Crippen molar-refractivity contribution in [2.24, 2.45) is 0 Å². The minimum absolute atomic E-state index is 0.109. The molecular weight excluding hydrogens is 185 g/mol. The number of rotatable bonds is 1. The van der Waals surface area contributed by atoms with Gasteiger partial charge in [0.05, 0.1) is 5.69 Å². The second-order valence-electron chi connectivity index (χ2n) is 2.37. The van der Waals surface area contributed by atoms with Gasteiger partial charge in [-0.1, -0.05) is 0 Å². The maximum Gasteiger partial charge on any atom is 0.573 e. The first kappa shape index (κ1) is 9.63. The van der Waals surface area contributed by atoms with Crippen LogP contribution in [0.1, 0.15) is 5.69 Å². The van der Waals surface area contributed by atoms with Crippen LogP contribution in [0.5, 0.6) is 5.75 Å². The molecular formula is C7H7F3N2O. The molecule has 72 valence electrons. The Morgan fingerprint density at radius 1 is 1.38 bits per heavy atom. The van der Waals surface area contributed by atoms with Crippen LogP contribution < -0.4 is 10.5 Å². The lowest BCUT2D eigenvalue weighted by Crippen LogP contribution is -2.18. The fraction of sp³-hybridized carbons (Fsp3) is 0.286. The number of nitrogen functional groups attached to an aromatic ring is 1. The van der Waals surface area contributed by atoms with Crippen molar-refractivity contribution in [2.45, 2.75) is 13.3 Å². The predicted octanol–water partition coefficient (Wildman–Crippen LogP) is 1.87. The van der Waals surface area contributed by atoms with E-state index < -0.39 is 6.36 Å². The Kier molecular flexibility index (Phi) is 2.31. The lowest BCUT2D eigenvalue weighted by Gasteiger charge is -2.10. The number of nitrogens with zero attached hydrogens (tertiary/aromatic N) is 1. The summed E-state index contributed by atoms with van der Waals surface area (Å²) in [5.41, 5.74) is 5.35. The molecule has 0 aliphatic carbocycles. The third-order valence-electron chi connectivity index (χ3n) is 1.28. The highest BCUT2D eigenvalue weighted by Gasteiger charge is 2.31. The molecule has 0 saturated carbocycles. The number of nitrogens with two attached hydrogens (primary N) is 1. The summed E-state index contributed by atoms with van der Waals surface area (Å²) in [6, 6.07) is 2.37. The first-order valence-electron chi connectivity index (χ1n) is 3.37. The molecule has 0 unspecified atom stereocenters. The van der Waals surface area contributed by atoms with E-state index in [0.717, 1.165) is 6.07 Å². The van der Waals surface area contributed by atoms with Crippen LogP contribution in [0.15, 0.2) is 12.1 Å². The van der Waals surface area contributed by atoms with Gasteiger partial charge in [0.25, 0.3) is 0 Å². The average molecular weight is 192 g/mol. The molecule has 0 aromatic carbocycles. The molecule has 1 heterocycles. The van der Waals surface area contributed by atoms with E-state index in [-0.39, 0.29) is 17.3 Å². The van der Waals surface area contributed by atoms with Crippen molar-refractivity contribution in [1.82, 2.24) is 4.98 Å². The van der Waals surface area contributed by atoms with Crippen molar-refractivity contribution in [1.29, 1.82) is 0 Å². The van der Waals surface area contributed by atoms with Crippen molar-refractivity contribution in [2.75, 3.05) is 5.73 Å². The Balaban J connectivity index is 2.90. The lowest BCUT2D eigenvalue weighted by atomic mass is 10.3. The topological polar surface area (TPSA) is 48.1 Å². The van der Waals surface area contributed by atoms with Gasteiger partial charge in [-0.05, 0) is 19.1 Å². The molecule has 0 amide bonds. The SMILES string of the molecule is Cc1nc(N)ccc1OC(F)(F)F. The minimum Gasteiger partial charge on any atom is -0.404 e. The highest BCUT2D eigenvalue weighted by atomic mass is 19.4. The van der Waals surface area contributed by atoms with Gasteiger partial charge in [-0.3, -0.25) is 0 Å². The van der Waals surface area contributed by atoms with E-state index in [1.807, 2.05) is 0 Å². The summed E-state index contributed by atoms with van der Waals surface area (Å²) in [5.74, 6) is -0.172. The first-order valence-corrected chi connectivity index (χ1v) is 3.37. The van der Waals surface area contributed by atoms with Crippen LogP contribution >= 0.6 is 0 Å². The van der Waals surface area contributed by atoms with Crippen molar-refractivity contribution in [3.8, 4) is 5.75 Å². The average Bonchev–Trinajstić information content (AvgIpc) is 1.93. The van der Waals surface area contributed by atoms with E-state index in [9.17, 15) is 13.2 Å². The standard InChI is InChI=1S/C7H7F3N2O/c1-4-5(13-7(8,9)10)2-3-6(11)12-4/h2-3H,1H3,(H2,11,12). The fourth-order valence-corrected chi connectivity index (χ4v) is 0.800. The quantitative estimate of drug-likeness (QED) is 0.738. The molecule has 0 aliphatic heterocycles. The zero-order valence-corrected chi connectivity index (χ0v) is 6.72. The smallest absolute Gasteiger partial charge is 0.404 e. The number of aryl methyl sites for hydroxylation is 1. The maximum atomic E-state index is 11.7. The maximum absolute atomic E-state index is 11.7. The van der Waals surface area contributed by atoms with Gasteiger partial charge in [-0.15, -0.1) is 13.2 Å². The Hall–Kier alpha value is -1.46. The molecule has 6 heteroatoms. The Bertz CT molecular complexity index is 311. The summed E-state index contributed by atoms with van der Waals surface area (Å²) in [7, 11) is 0. The van der Waals surface area contributed by atoms with Gasteiger partial charge < -0.3 is 10.5 Å². The van der Waals surface area contributed by atoms with E-state index in [0.29, 0.717) is 0 Å². The van der Waals surface area contributed by atoms with E-state index in [1.165, 1.54) is 13.0 Å². The van der Waals surface area contributed by atoms with Crippen LogP contribution in [0.25, 0.3) is 0 Å². The number of anilines is 1. The van der Waals surface area contributed by atoms with Crippen molar-refractivity contribution in [3.05, 3.63) is 17.8 Å². The number of aromatic nitrogens is 1. The predicted molar refractivity (Wildman–Crippen MR) is 40.1 cm³/mol. The van der Waals surface area contributed by atoms with Crippen LogP contribution in [0.4, 0.5) is 19.0 Å². The molecule has 3 nitrogen and oxygen atoms in total. The summed E-state index contributed by atoms with van der Waals surface area (Å²) in [5, 5.41) is 0. The highest BCUT2D eigenvalue weighted by molar-refractivity contribution is 5.37. The second kappa shape index (κ2) is 3.12.